The largest absolute Gasteiger partial charge is 0.443 e. The molecule has 0 aliphatic rings. The molecule has 84 valence electrons. The fraction of sp³-hybridized carbons (Fsp3) is 0.727. The number of carbonyl (C=O) groups excluding carboxylic acids is 1. The molecule has 0 aromatic heterocycles. The van der Waals surface area contributed by atoms with Crippen LogP contribution in [-0.2, 0) is 9.53 Å². The monoisotopic (exact) mass is 201 g/mol. The molecule has 3 heteroatoms. The zero-order chi connectivity index (χ0) is 11.6. The lowest BCUT2D eigenvalue weighted by Crippen LogP contribution is -2.26. The summed E-state index contributed by atoms with van der Waals surface area (Å²) in [6.07, 6.45) is 2.77. The molecule has 3 nitrogen and oxygen atoms in total. The van der Waals surface area contributed by atoms with Crippen molar-refractivity contribution in [3.05, 3.63) is 12.2 Å². The molecule has 0 saturated carbocycles. The van der Waals surface area contributed by atoms with Gasteiger partial charge in [0.25, 0.3) is 0 Å². The van der Waals surface area contributed by atoms with Crippen molar-refractivity contribution in [2.75, 3.05) is 0 Å². The van der Waals surface area contributed by atoms with Gasteiger partial charge in [0.2, 0.25) is 0 Å². The Labute approximate surface area is 87.3 Å². The third kappa shape index (κ3) is 11.2. The summed E-state index contributed by atoms with van der Waals surface area (Å²) in [6, 6.07) is 0. The van der Waals surface area contributed by atoms with Crippen LogP contribution >= 0.6 is 0 Å². The lowest BCUT2D eigenvalue weighted by atomic mass is 10.3. The second-order valence-corrected chi connectivity index (χ2v) is 3.13. The molecule has 0 amide bonds. The first kappa shape index (κ1) is 15.6. The number of unbranched alkanes of at least 4 members (excludes halogenated alkanes) is 1. The zero-order valence-corrected chi connectivity index (χ0v) is 9.80. The van der Waals surface area contributed by atoms with E-state index in [9.17, 15) is 4.79 Å². The van der Waals surface area contributed by atoms with Crippen molar-refractivity contribution in [3.63, 3.8) is 0 Å². The van der Waals surface area contributed by atoms with Crippen LogP contribution in [0.2, 0.25) is 0 Å². The Bertz CT molecular complexity index is 165. The van der Waals surface area contributed by atoms with E-state index in [1.54, 1.807) is 6.92 Å². The number of hydrogen-bond acceptors (Lipinski definition) is 3. The van der Waals surface area contributed by atoms with E-state index >= 15 is 0 Å². The molecular formula is C11H23NO2. The van der Waals surface area contributed by atoms with Crippen molar-refractivity contribution in [3.8, 4) is 0 Å². The Morgan fingerprint density at radius 1 is 1.36 bits per heavy atom. The van der Waals surface area contributed by atoms with E-state index in [4.69, 9.17) is 10.5 Å². The van der Waals surface area contributed by atoms with Gasteiger partial charge in [0.15, 0.2) is 6.23 Å². The Morgan fingerprint density at radius 3 is 2.00 bits per heavy atom. The van der Waals surface area contributed by atoms with Crippen LogP contribution in [0.5, 0.6) is 0 Å². The van der Waals surface area contributed by atoms with Crippen LogP contribution in [0.15, 0.2) is 12.2 Å². The SMILES string of the molecule is C=C(C)C(=O)OC(N)CC.CCCC. The number of nitrogens with two attached hydrogens (primary N) is 1. The number of rotatable bonds is 4. The van der Waals surface area contributed by atoms with Crippen molar-refractivity contribution in [1.29, 1.82) is 0 Å². The molecule has 0 aromatic rings. The molecule has 0 saturated heterocycles. The fourth-order valence-corrected chi connectivity index (χ4v) is 0.321. The first-order valence-corrected chi connectivity index (χ1v) is 5.11. The van der Waals surface area contributed by atoms with Gasteiger partial charge in [-0.25, -0.2) is 4.79 Å². The average Bonchev–Trinajstić information content (AvgIpc) is 2.17. The molecule has 0 spiro atoms. The lowest BCUT2D eigenvalue weighted by molar-refractivity contribution is -0.144. The summed E-state index contributed by atoms with van der Waals surface area (Å²) in [6.45, 7) is 11.2. The van der Waals surface area contributed by atoms with Gasteiger partial charge in [0.1, 0.15) is 0 Å². The van der Waals surface area contributed by atoms with Gasteiger partial charge in [-0.2, -0.15) is 0 Å². The highest BCUT2D eigenvalue weighted by molar-refractivity contribution is 5.87. The van der Waals surface area contributed by atoms with Gasteiger partial charge in [-0.3, -0.25) is 5.73 Å². The Kier molecular flexibility index (Phi) is 11.4. The van der Waals surface area contributed by atoms with Crippen molar-refractivity contribution in [2.24, 2.45) is 5.73 Å². The lowest BCUT2D eigenvalue weighted by Gasteiger charge is -2.09. The van der Waals surface area contributed by atoms with Gasteiger partial charge in [-0.1, -0.05) is 40.2 Å². The maximum absolute atomic E-state index is 10.7. The Hall–Kier alpha value is -0.830. The topological polar surface area (TPSA) is 52.3 Å². The Balaban J connectivity index is 0. The second kappa shape index (κ2) is 10.3. The highest BCUT2D eigenvalue weighted by atomic mass is 16.6. The van der Waals surface area contributed by atoms with Crippen LogP contribution in [0.1, 0.15) is 47.0 Å². The quantitative estimate of drug-likeness (QED) is 0.432. The highest BCUT2D eigenvalue weighted by Crippen LogP contribution is 1.96. The number of hydrogen-bond donors (Lipinski definition) is 1. The molecule has 0 aromatic carbocycles. The number of ether oxygens (including phenoxy) is 1. The first-order valence-electron chi connectivity index (χ1n) is 5.11. The third-order valence-electron chi connectivity index (χ3n) is 1.51. The number of esters is 1. The number of carbonyl (C=O) groups is 1. The van der Waals surface area contributed by atoms with E-state index in [2.05, 4.69) is 20.4 Å². The van der Waals surface area contributed by atoms with Crippen LogP contribution < -0.4 is 5.73 Å². The summed E-state index contributed by atoms with van der Waals surface area (Å²) in [5, 5.41) is 0. The summed E-state index contributed by atoms with van der Waals surface area (Å²) in [5.74, 6) is -0.422. The minimum absolute atomic E-state index is 0.379. The van der Waals surface area contributed by atoms with E-state index in [1.165, 1.54) is 12.8 Å². The zero-order valence-electron chi connectivity index (χ0n) is 9.80. The van der Waals surface area contributed by atoms with E-state index in [0.717, 1.165) is 0 Å². The minimum Gasteiger partial charge on any atom is -0.443 e. The molecule has 0 aliphatic carbocycles. The molecule has 2 N–H and O–H groups in total. The maximum Gasteiger partial charge on any atom is 0.334 e. The normalized spacial score (nSPS) is 10.9. The van der Waals surface area contributed by atoms with E-state index < -0.39 is 12.2 Å². The summed E-state index contributed by atoms with van der Waals surface area (Å²) in [5.41, 5.74) is 5.71. The predicted octanol–water partition coefficient (Wildman–Crippen LogP) is 2.61. The van der Waals surface area contributed by atoms with Gasteiger partial charge in [-0.05, 0) is 13.3 Å². The van der Waals surface area contributed by atoms with E-state index in [0.29, 0.717) is 12.0 Å². The van der Waals surface area contributed by atoms with Gasteiger partial charge in [-0.15, -0.1) is 0 Å². The van der Waals surface area contributed by atoms with Gasteiger partial charge < -0.3 is 4.74 Å². The molecule has 0 heterocycles. The third-order valence-corrected chi connectivity index (χ3v) is 1.51. The maximum atomic E-state index is 10.7. The van der Waals surface area contributed by atoms with Crippen molar-refractivity contribution in [2.45, 2.75) is 53.2 Å². The molecule has 0 aliphatic heterocycles. The minimum atomic E-state index is -0.496. The van der Waals surface area contributed by atoms with Crippen LogP contribution in [0.4, 0.5) is 0 Å². The molecule has 1 unspecified atom stereocenters. The van der Waals surface area contributed by atoms with E-state index in [1.807, 2.05) is 6.92 Å². The molecule has 0 rings (SSSR count). The molecule has 14 heavy (non-hydrogen) atoms. The van der Waals surface area contributed by atoms with Crippen molar-refractivity contribution >= 4 is 5.97 Å². The van der Waals surface area contributed by atoms with Gasteiger partial charge >= 0.3 is 5.97 Å². The summed E-state index contributed by atoms with van der Waals surface area (Å²) >= 11 is 0. The van der Waals surface area contributed by atoms with Gasteiger partial charge in [0, 0.05) is 5.57 Å². The first-order chi connectivity index (χ1) is 6.49. The van der Waals surface area contributed by atoms with Crippen molar-refractivity contribution < 1.29 is 9.53 Å². The van der Waals surface area contributed by atoms with Crippen LogP contribution in [0.3, 0.4) is 0 Å². The van der Waals surface area contributed by atoms with Crippen LogP contribution in [-0.4, -0.2) is 12.2 Å². The standard InChI is InChI=1S/C7H13NO2.C4H10/c1-4-6(8)10-7(9)5(2)3;1-3-4-2/h6H,2,4,8H2,1,3H3;3-4H2,1-2H3. The Morgan fingerprint density at radius 2 is 1.79 bits per heavy atom. The molecule has 1 atom stereocenters. The van der Waals surface area contributed by atoms with E-state index in [-0.39, 0.29) is 0 Å². The van der Waals surface area contributed by atoms with Crippen molar-refractivity contribution in [1.82, 2.24) is 0 Å². The second-order valence-electron chi connectivity index (χ2n) is 3.13. The summed E-state index contributed by atoms with van der Waals surface area (Å²) in [4.78, 5) is 10.7. The molecule has 0 fully saturated rings. The van der Waals surface area contributed by atoms with Crippen LogP contribution in [0.25, 0.3) is 0 Å². The highest BCUT2D eigenvalue weighted by Gasteiger charge is 2.06. The molecule has 0 radical (unpaired) electrons. The fourth-order valence-electron chi connectivity index (χ4n) is 0.321. The smallest absolute Gasteiger partial charge is 0.334 e. The molecule has 0 bridgehead atoms. The van der Waals surface area contributed by atoms with Crippen LogP contribution in [0, 0.1) is 0 Å². The molecular weight excluding hydrogens is 178 g/mol. The predicted molar refractivity (Wildman–Crippen MR) is 59.8 cm³/mol. The summed E-state index contributed by atoms with van der Waals surface area (Å²) < 4.78 is 4.70. The average molecular weight is 201 g/mol. The summed E-state index contributed by atoms with van der Waals surface area (Å²) in [7, 11) is 0. The van der Waals surface area contributed by atoms with Gasteiger partial charge in [0.05, 0.1) is 0 Å².